The molecule has 0 aliphatic carbocycles. The third-order valence-electron chi connectivity index (χ3n) is 5.08. The van der Waals surface area contributed by atoms with Crippen molar-refractivity contribution in [1.29, 1.82) is 0 Å². The zero-order chi connectivity index (χ0) is 22.9. The van der Waals surface area contributed by atoms with Crippen LogP contribution < -0.4 is 19.0 Å². The lowest BCUT2D eigenvalue weighted by Crippen LogP contribution is -2.22. The first-order chi connectivity index (χ1) is 16.1. The number of aromatic nitrogens is 1. The fraction of sp³-hybridized carbons (Fsp3) is 0.261. The van der Waals surface area contributed by atoms with Gasteiger partial charge in [0.2, 0.25) is 0 Å². The van der Waals surface area contributed by atoms with Crippen LogP contribution in [0.1, 0.15) is 17.5 Å². The Hall–Kier alpha value is -3.79. The number of rotatable bonds is 5. The van der Waals surface area contributed by atoms with Crippen molar-refractivity contribution in [3.63, 3.8) is 0 Å². The van der Waals surface area contributed by atoms with Crippen LogP contribution in [0.25, 0.3) is 21.2 Å². The smallest absolute Gasteiger partial charge is 0.325 e. The first-order valence-electron chi connectivity index (χ1n) is 10.3. The molecule has 0 atom stereocenters. The van der Waals surface area contributed by atoms with E-state index in [2.05, 4.69) is 4.99 Å². The third kappa shape index (κ3) is 3.93. The van der Waals surface area contributed by atoms with Crippen molar-refractivity contribution < 1.29 is 33.0 Å². The number of carbonyl (C=O) groups excluding carboxylic acids is 2. The van der Waals surface area contributed by atoms with Crippen LogP contribution in [-0.4, -0.2) is 43.4 Å². The number of amides is 1. The summed E-state index contributed by atoms with van der Waals surface area (Å²) in [6.45, 7) is 3.12. The van der Waals surface area contributed by atoms with Crippen LogP contribution in [0, 0.1) is 0 Å². The Balaban J connectivity index is 1.62. The minimum atomic E-state index is -0.573. The molecule has 0 fully saturated rings. The molecule has 0 bridgehead atoms. The second-order valence-corrected chi connectivity index (χ2v) is 8.15. The number of thiazole rings is 1. The van der Waals surface area contributed by atoms with Gasteiger partial charge in [-0.1, -0.05) is 23.5 Å². The average molecular weight is 468 g/mol. The summed E-state index contributed by atoms with van der Waals surface area (Å²) in [6, 6.07) is 10.7. The number of hydrogen-bond acceptors (Lipinski definition) is 8. The third-order valence-corrected chi connectivity index (χ3v) is 6.12. The number of hydrogen-bond donors (Lipinski definition) is 0. The predicted molar refractivity (Wildman–Crippen MR) is 120 cm³/mol. The van der Waals surface area contributed by atoms with Gasteiger partial charge in [0, 0.05) is 17.5 Å². The lowest BCUT2D eigenvalue weighted by atomic mass is 10.2. The monoisotopic (exact) mass is 468 g/mol. The summed E-state index contributed by atoms with van der Waals surface area (Å²) >= 11 is 1.26. The van der Waals surface area contributed by atoms with Crippen LogP contribution in [0.2, 0.25) is 0 Å². The van der Waals surface area contributed by atoms with E-state index < -0.39 is 11.9 Å². The second-order valence-electron chi connectivity index (χ2n) is 7.15. The van der Waals surface area contributed by atoms with Gasteiger partial charge in [-0.15, -0.1) is 0 Å². The summed E-state index contributed by atoms with van der Waals surface area (Å²) in [7, 11) is 1.31. The average Bonchev–Trinajstić information content (AvgIpc) is 3.40. The van der Waals surface area contributed by atoms with Gasteiger partial charge in [0.1, 0.15) is 19.8 Å². The van der Waals surface area contributed by atoms with E-state index in [9.17, 15) is 9.59 Å². The van der Waals surface area contributed by atoms with Crippen molar-refractivity contribution in [2.24, 2.45) is 4.99 Å². The molecule has 0 unspecified atom stereocenters. The van der Waals surface area contributed by atoms with Gasteiger partial charge in [-0.3, -0.25) is 9.59 Å². The molecule has 2 aromatic carbocycles. The van der Waals surface area contributed by atoms with Crippen molar-refractivity contribution in [2.45, 2.75) is 13.5 Å². The molecule has 170 valence electrons. The van der Waals surface area contributed by atoms with Crippen LogP contribution in [0.15, 0.2) is 45.8 Å². The minimum absolute atomic E-state index is 0.0742. The molecule has 2 aromatic heterocycles. The van der Waals surface area contributed by atoms with Gasteiger partial charge >= 0.3 is 11.9 Å². The zero-order valence-electron chi connectivity index (χ0n) is 18.0. The molecule has 3 heterocycles. The van der Waals surface area contributed by atoms with Crippen molar-refractivity contribution in [3.8, 4) is 17.2 Å². The highest BCUT2D eigenvalue weighted by atomic mass is 32.1. The summed E-state index contributed by atoms with van der Waals surface area (Å²) < 4.78 is 29.9. The maximum atomic E-state index is 13.0. The van der Waals surface area contributed by atoms with E-state index >= 15 is 0 Å². The van der Waals surface area contributed by atoms with E-state index in [0.717, 1.165) is 10.1 Å². The standard InChI is InChI=1S/C23H20N2O7S/c1-3-29-15-6-4-5-13-9-18(32-21(13)15)22(27)24-23-25(12-20(26)28-2)14-10-16-17(11-19(14)33-23)31-8-7-30-16/h4-6,9-11H,3,7-8,12H2,1-2H3. The molecule has 9 nitrogen and oxygen atoms in total. The van der Waals surface area contributed by atoms with E-state index in [1.165, 1.54) is 18.4 Å². The largest absolute Gasteiger partial charge is 0.490 e. The maximum absolute atomic E-state index is 13.0. The van der Waals surface area contributed by atoms with Gasteiger partial charge < -0.3 is 27.9 Å². The molecule has 33 heavy (non-hydrogen) atoms. The molecular weight excluding hydrogens is 448 g/mol. The predicted octanol–water partition coefficient (Wildman–Crippen LogP) is 3.53. The van der Waals surface area contributed by atoms with E-state index in [1.54, 1.807) is 22.8 Å². The molecule has 4 aromatic rings. The number of nitrogens with zero attached hydrogens (tertiary/aromatic N) is 2. The topological polar surface area (TPSA) is 101 Å². The highest BCUT2D eigenvalue weighted by molar-refractivity contribution is 7.16. The van der Waals surface area contributed by atoms with E-state index in [4.69, 9.17) is 23.4 Å². The van der Waals surface area contributed by atoms with Crippen LogP contribution in [0.4, 0.5) is 0 Å². The molecule has 0 saturated heterocycles. The maximum Gasteiger partial charge on any atom is 0.325 e. The van der Waals surface area contributed by atoms with Crippen molar-refractivity contribution >= 4 is 44.4 Å². The van der Waals surface area contributed by atoms with E-state index in [0.29, 0.717) is 53.0 Å². The number of fused-ring (bicyclic) bond motifs is 3. The quantitative estimate of drug-likeness (QED) is 0.413. The molecule has 0 radical (unpaired) electrons. The number of para-hydroxylation sites is 1. The number of furan rings is 1. The fourth-order valence-corrected chi connectivity index (χ4v) is 4.63. The SMILES string of the molecule is CCOc1cccc2cc(C(=O)N=c3sc4cc5c(cc4n3CC(=O)OC)OCCO5)oc12. The Morgan fingerprint density at radius 2 is 1.94 bits per heavy atom. The van der Waals surface area contributed by atoms with Crippen LogP contribution in [0.3, 0.4) is 0 Å². The van der Waals surface area contributed by atoms with Gasteiger partial charge in [-0.25, -0.2) is 0 Å². The molecule has 0 N–H and O–H groups in total. The number of benzene rings is 2. The summed E-state index contributed by atoms with van der Waals surface area (Å²) in [6.07, 6.45) is 0. The van der Waals surface area contributed by atoms with Gasteiger partial charge in [0.25, 0.3) is 0 Å². The van der Waals surface area contributed by atoms with E-state index in [1.807, 2.05) is 25.1 Å². The lowest BCUT2D eigenvalue weighted by Gasteiger charge is -2.18. The number of carbonyl (C=O) groups is 2. The van der Waals surface area contributed by atoms with Gasteiger partial charge in [-0.05, 0) is 19.1 Å². The first-order valence-corrected chi connectivity index (χ1v) is 11.1. The molecule has 0 spiro atoms. The summed E-state index contributed by atoms with van der Waals surface area (Å²) in [5.41, 5.74) is 1.17. The Morgan fingerprint density at radius 3 is 2.70 bits per heavy atom. The van der Waals surface area contributed by atoms with Crippen molar-refractivity contribution in [3.05, 3.63) is 47.0 Å². The Kier molecular flexibility index (Phi) is 5.51. The summed E-state index contributed by atoms with van der Waals surface area (Å²) in [5.74, 6) is 0.773. The molecule has 1 amide bonds. The lowest BCUT2D eigenvalue weighted by molar-refractivity contribution is -0.141. The molecule has 10 heteroatoms. The Morgan fingerprint density at radius 1 is 1.15 bits per heavy atom. The van der Waals surface area contributed by atoms with Gasteiger partial charge in [-0.2, -0.15) is 4.99 Å². The highest BCUT2D eigenvalue weighted by Crippen LogP contribution is 2.35. The number of esters is 1. The van der Waals surface area contributed by atoms with Gasteiger partial charge in [0.05, 0.1) is 23.9 Å². The minimum Gasteiger partial charge on any atom is -0.490 e. The second kappa shape index (κ2) is 8.62. The van der Waals surface area contributed by atoms with Gasteiger partial charge in [0.15, 0.2) is 33.4 Å². The number of ether oxygens (including phenoxy) is 4. The first kappa shape index (κ1) is 21.1. The van der Waals surface area contributed by atoms with Crippen molar-refractivity contribution in [2.75, 3.05) is 26.9 Å². The Labute approximate surface area is 191 Å². The van der Waals surface area contributed by atoms with Crippen LogP contribution in [-0.2, 0) is 16.1 Å². The molecule has 1 aliphatic rings. The summed E-state index contributed by atoms with van der Waals surface area (Å²) in [5, 5.41) is 0.736. The molecular formula is C23H20N2O7S. The molecule has 1 aliphatic heterocycles. The van der Waals surface area contributed by atoms with Crippen LogP contribution >= 0.6 is 11.3 Å². The van der Waals surface area contributed by atoms with Crippen LogP contribution in [0.5, 0.6) is 17.2 Å². The highest BCUT2D eigenvalue weighted by Gasteiger charge is 2.20. The number of methoxy groups -OCH3 is 1. The van der Waals surface area contributed by atoms with E-state index in [-0.39, 0.29) is 12.3 Å². The van der Waals surface area contributed by atoms with Crippen molar-refractivity contribution in [1.82, 2.24) is 4.57 Å². The molecule has 0 saturated carbocycles. The Bertz CT molecular complexity index is 1450. The summed E-state index contributed by atoms with van der Waals surface area (Å²) in [4.78, 5) is 29.7. The zero-order valence-corrected chi connectivity index (χ0v) is 18.8. The fourth-order valence-electron chi connectivity index (χ4n) is 3.59. The normalized spacial score (nSPS) is 13.5. The molecule has 5 rings (SSSR count).